The van der Waals surface area contributed by atoms with Crippen LogP contribution in [0.3, 0.4) is 0 Å². The third-order valence-electron chi connectivity index (χ3n) is 2.90. The number of methoxy groups -OCH3 is 1. The van der Waals surface area contributed by atoms with Gasteiger partial charge < -0.3 is 15.8 Å². The predicted octanol–water partition coefficient (Wildman–Crippen LogP) is 1.82. The Morgan fingerprint density at radius 2 is 1.89 bits per heavy atom. The molecule has 0 aliphatic carbocycles. The molecule has 1 aromatic carbocycles. The molecule has 1 unspecified atom stereocenters. The van der Waals surface area contributed by atoms with E-state index in [4.69, 9.17) is 10.5 Å². The third-order valence-corrected chi connectivity index (χ3v) is 2.90. The van der Waals surface area contributed by atoms with E-state index in [0.29, 0.717) is 12.5 Å². The highest BCUT2D eigenvalue weighted by molar-refractivity contribution is 5.85. The smallest absolute Gasteiger partial charge is 0.250 e. The van der Waals surface area contributed by atoms with Gasteiger partial charge in [-0.05, 0) is 17.0 Å². The number of carbonyl (C=O) groups is 1. The second kappa shape index (κ2) is 8.91. The number of hydrogen-bond acceptors (Lipinski definition) is 3. The first-order valence-electron chi connectivity index (χ1n) is 6.18. The van der Waals surface area contributed by atoms with Crippen LogP contribution in [-0.4, -0.2) is 25.7 Å². The van der Waals surface area contributed by atoms with Crippen LogP contribution in [-0.2, 0) is 16.1 Å². The summed E-state index contributed by atoms with van der Waals surface area (Å²) < 4.78 is 4.96. The van der Waals surface area contributed by atoms with Crippen molar-refractivity contribution in [3.8, 4) is 0 Å². The highest BCUT2D eigenvalue weighted by Gasteiger charge is 2.14. The second-order valence-corrected chi connectivity index (χ2v) is 4.57. The number of benzene rings is 1. The van der Waals surface area contributed by atoms with Crippen LogP contribution in [0.2, 0.25) is 0 Å². The average Bonchev–Trinajstić information content (AvgIpc) is 2.38. The molecular formula is C14H23ClN2O2. The Labute approximate surface area is 121 Å². The summed E-state index contributed by atoms with van der Waals surface area (Å²) in [5.74, 6) is 0.344. The number of amides is 1. The summed E-state index contributed by atoms with van der Waals surface area (Å²) in [5.41, 5.74) is 7.78. The zero-order valence-electron chi connectivity index (χ0n) is 11.7. The minimum Gasteiger partial charge on any atom is -0.370 e. The van der Waals surface area contributed by atoms with E-state index in [-0.39, 0.29) is 24.9 Å². The van der Waals surface area contributed by atoms with E-state index in [1.807, 2.05) is 12.1 Å². The number of rotatable bonds is 6. The van der Waals surface area contributed by atoms with E-state index in [9.17, 15) is 4.79 Å². The summed E-state index contributed by atoms with van der Waals surface area (Å²) in [7, 11) is 1.48. The number of hydrogen-bond donors (Lipinski definition) is 2. The summed E-state index contributed by atoms with van der Waals surface area (Å²) in [5, 5.41) is 2.81. The lowest BCUT2D eigenvalue weighted by atomic mass is 10.0. The van der Waals surface area contributed by atoms with Crippen molar-refractivity contribution in [1.82, 2.24) is 5.32 Å². The molecule has 0 spiro atoms. The number of nitrogens with two attached hydrogens (primary N) is 1. The summed E-state index contributed by atoms with van der Waals surface area (Å²) in [4.78, 5) is 11.6. The second-order valence-electron chi connectivity index (χ2n) is 4.57. The molecule has 3 N–H and O–H groups in total. The van der Waals surface area contributed by atoms with Gasteiger partial charge in [0.15, 0.2) is 0 Å². The van der Waals surface area contributed by atoms with Gasteiger partial charge in [0.2, 0.25) is 0 Å². The van der Waals surface area contributed by atoms with E-state index in [0.717, 1.165) is 5.56 Å². The minimum absolute atomic E-state index is 0. The Balaban J connectivity index is 0.00000324. The zero-order valence-corrected chi connectivity index (χ0v) is 12.5. The molecule has 1 aromatic rings. The number of nitrogens with one attached hydrogen (secondary N) is 1. The molecule has 1 atom stereocenters. The fourth-order valence-corrected chi connectivity index (χ4v) is 1.63. The molecule has 1 amide bonds. The molecule has 0 bridgehead atoms. The maximum absolute atomic E-state index is 11.6. The van der Waals surface area contributed by atoms with Crippen LogP contribution < -0.4 is 11.1 Å². The van der Waals surface area contributed by atoms with Gasteiger partial charge in [-0.1, -0.05) is 38.1 Å². The van der Waals surface area contributed by atoms with Crippen molar-refractivity contribution >= 4 is 18.3 Å². The Hall–Kier alpha value is -1.10. The van der Waals surface area contributed by atoms with Crippen LogP contribution in [0.25, 0.3) is 0 Å². The lowest BCUT2D eigenvalue weighted by Gasteiger charge is -2.13. The molecule has 0 radical (unpaired) electrons. The molecule has 4 nitrogen and oxygen atoms in total. The number of carbonyl (C=O) groups excluding carboxylic acids is 1. The van der Waals surface area contributed by atoms with Crippen molar-refractivity contribution in [1.29, 1.82) is 0 Å². The van der Waals surface area contributed by atoms with Crippen LogP contribution in [0, 0.1) is 0 Å². The first-order valence-corrected chi connectivity index (χ1v) is 6.18. The normalized spacial score (nSPS) is 11.8. The molecule has 0 aliphatic heterocycles. The Kier molecular flexibility index (Phi) is 8.39. The molecule has 0 saturated heterocycles. The van der Waals surface area contributed by atoms with E-state index < -0.39 is 6.10 Å². The fourth-order valence-electron chi connectivity index (χ4n) is 1.63. The number of ether oxygens (including phenoxy) is 1. The van der Waals surface area contributed by atoms with Crippen molar-refractivity contribution in [3.63, 3.8) is 0 Å². The topological polar surface area (TPSA) is 64.3 Å². The molecule has 1 rings (SSSR count). The average molecular weight is 287 g/mol. The number of halogens is 1. The SMILES string of the molecule is COC(CN)C(=O)NCc1ccc(C(C)C)cc1.Cl. The van der Waals surface area contributed by atoms with Gasteiger partial charge in [0.05, 0.1) is 0 Å². The van der Waals surface area contributed by atoms with Crippen LogP contribution in [0.15, 0.2) is 24.3 Å². The molecule has 0 saturated carbocycles. The molecule has 0 aromatic heterocycles. The van der Waals surface area contributed by atoms with Crippen LogP contribution >= 0.6 is 12.4 Å². The summed E-state index contributed by atoms with van der Waals surface area (Å²) in [6.45, 7) is 4.99. The van der Waals surface area contributed by atoms with Gasteiger partial charge in [0.1, 0.15) is 6.10 Å². The van der Waals surface area contributed by atoms with Gasteiger partial charge in [-0.15, -0.1) is 12.4 Å². The van der Waals surface area contributed by atoms with Gasteiger partial charge in [-0.2, -0.15) is 0 Å². The van der Waals surface area contributed by atoms with Crippen LogP contribution in [0.1, 0.15) is 30.9 Å². The van der Waals surface area contributed by atoms with Crippen molar-refractivity contribution in [2.24, 2.45) is 5.73 Å². The Bertz CT molecular complexity index is 376. The standard InChI is InChI=1S/C14H22N2O2.ClH/c1-10(2)12-6-4-11(5-7-12)9-16-14(17)13(8-15)18-3;/h4-7,10,13H,8-9,15H2,1-3H3,(H,16,17);1H. The predicted molar refractivity (Wildman–Crippen MR) is 79.5 cm³/mol. The summed E-state index contributed by atoms with van der Waals surface area (Å²) >= 11 is 0. The lowest BCUT2D eigenvalue weighted by molar-refractivity contribution is -0.130. The highest BCUT2D eigenvalue weighted by atomic mass is 35.5. The van der Waals surface area contributed by atoms with Crippen molar-refractivity contribution in [2.45, 2.75) is 32.4 Å². The van der Waals surface area contributed by atoms with E-state index >= 15 is 0 Å². The quantitative estimate of drug-likeness (QED) is 0.838. The van der Waals surface area contributed by atoms with E-state index in [2.05, 4.69) is 31.3 Å². The fraction of sp³-hybridized carbons (Fsp3) is 0.500. The maximum atomic E-state index is 11.6. The van der Waals surface area contributed by atoms with E-state index in [1.165, 1.54) is 12.7 Å². The first-order chi connectivity index (χ1) is 8.58. The van der Waals surface area contributed by atoms with Gasteiger partial charge in [-0.25, -0.2) is 0 Å². The van der Waals surface area contributed by atoms with Gasteiger partial charge in [-0.3, -0.25) is 4.79 Å². The molecule has 0 heterocycles. The Morgan fingerprint density at radius 1 is 1.32 bits per heavy atom. The molecule has 19 heavy (non-hydrogen) atoms. The summed E-state index contributed by atoms with van der Waals surface area (Å²) in [6, 6.07) is 8.23. The lowest BCUT2D eigenvalue weighted by Crippen LogP contribution is -2.40. The minimum atomic E-state index is -0.570. The van der Waals surface area contributed by atoms with Gasteiger partial charge in [0, 0.05) is 20.2 Å². The van der Waals surface area contributed by atoms with Crippen molar-refractivity contribution < 1.29 is 9.53 Å². The van der Waals surface area contributed by atoms with Crippen LogP contribution in [0.5, 0.6) is 0 Å². The Morgan fingerprint density at radius 3 is 2.32 bits per heavy atom. The van der Waals surface area contributed by atoms with Gasteiger partial charge in [0.25, 0.3) is 5.91 Å². The monoisotopic (exact) mass is 286 g/mol. The van der Waals surface area contributed by atoms with Gasteiger partial charge >= 0.3 is 0 Å². The van der Waals surface area contributed by atoms with Crippen LogP contribution in [0.4, 0.5) is 0 Å². The molecule has 108 valence electrons. The highest BCUT2D eigenvalue weighted by Crippen LogP contribution is 2.14. The molecule has 0 fully saturated rings. The first kappa shape index (κ1) is 17.9. The van der Waals surface area contributed by atoms with Crippen molar-refractivity contribution in [2.75, 3.05) is 13.7 Å². The molecule has 5 heteroatoms. The summed E-state index contributed by atoms with van der Waals surface area (Å²) in [6.07, 6.45) is -0.570. The third kappa shape index (κ3) is 5.59. The van der Waals surface area contributed by atoms with Crippen molar-refractivity contribution in [3.05, 3.63) is 35.4 Å². The molecule has 0 aliphatic rings. The van der Waals surface area contributed by atoms with E-state index in [1.54, 1.807) is 0 Å². The zero-order chi connectivity index (χ0) is 13.5. The molecular weight excluding hydrogens is 264 g/mol. The largest absolute Gasteiger partial charge is 0.370 e. The maximum Gasteiger partial charge on any atom is 0.250 e.